The van der Waals surface area contributed by atoms with E-state index in [2.05, 4.69) is 0 Å². The number of esters is 3. The third-order valence-electron chi connectivity index (χ3n) is 7.44. The molecule has 0 unspecified atom stereocenters. The van der Waals surface area contributed by atoms with Crippen molar-refractivity contribution in [1.82, 2.24) is 0 Å². The normalized spacial score (nSPS) is 41.3. The van der Waals surface area contributed by atoms with Crippen LogP contribution >= 0.6 is 0 Å². The Bertz CT molecular complexity index is 885. The summed E-state index contributed by atoms with van der Waals surface area (Å²) < 4.78 is 21.7. The summed E-state index contributed by atoms with van der Waals surface area (Å²) in [6.07, 6.45) is 5.98. The van der Waals surface area contributed by atoms with Gasteiger partial charge >= 0.3 is 17.9 Å². The van der Waals surface area contributed by atoms with Crippen molar-refractivity contribution in [3.63, 3.8) is 0 Å². The van der Waals surface area contributed by atoms with E-state index in [1.54, 1.807) is 24.7 Å². The van der Waals surface area contributed by atoms with Gasteiger partial charge in [-0.05, 0) is 24.8 Å². The number of methoxy groups -OCH3 is 1. The van der Waals surface area contributed by atoms with Crippen LogP contribution in [0.3, 0.4) is 0 Å². The molecule has 0 N–H and O–H groups in total. The molecule has 28 heavy (non-hydrogen) atoms. The fourth-order valence-electron chi connectivity index (χ4n) is 6.15. The van der Waals surface area contributed by atoms with Crippen molar-refractivity contribution in [2.75, 3.05) is 7.11 Å². The lowest BCUT2D eigenvalue weighted by Gasteiger charge is -2.51. The van der Waals surface area contributed by atoms with Gasteiger partial charge in [-0.2, -0.15) is 0 Å². The van der Waals surface area contributed by atoms with Crippen LogP contribution in [-0.4, -0.2) is 31.1 Å². The van der Waals surface area contributed by atoms with Gasteiger partial charge in [0.2, 0.25) is 0 Å². The van der Waals surface area contributed by atoms with Gasteiger partial charge in [-0.25, -0.2) is 4.79 Å². The van der Waals surface area contributed by atoms with Crippen LogP contribution in [-0.2, 0) is 28.6 Å². The van der Waals surface area contributed by atoms with Crippen molar-refractivity contribution < 1.29 is 33.0 Å². The Morgan fingerprint density at radius 1 is 1.25 bits per heavy atom. The Labute approximate surface area is 162 Å². The van der Waals surface area contributed by atoms with E-state index in [-0.39, 0.29) is 11.9 Å². The number of carbonyl (C=O) groups excluding carboxylic acids is 3. The second-order valence-electron chi connectivity index (χ2n) is 8.37. The van der Waals surface area contributed by atoms with Crippen LogP contribution in [0.25, 0.3) is 0 Å². The summed E-state index contributed by atoms with van der Waals surface area (Å²) in [6.45, 7) is 2.03. The van der Waals surface area contributed by atoms with Crippen LogP contribution in [0.15, 0.2) is 34.7 Å². The molecule has 6 atom stereocenters. The van der Waals surface area contributed by atoms with Gasteiger partial charge < -0.3 is 18.6 Å². The van der Waals surface area contributed by atoms with E-state index in [0.717, 1.165) is 5.56 Å². The molecule has 3 fully saturated rings. The first kappa shape index (κ1) is 17.5. The third kappa shape index (κ3) is 1.92. The first-order chi connectivity index (χ1) is 13.4. The molecule has 2 bridgehead atoms. The van der Waals surface area contributed by atoms with Crippen LogP contribution in [0.2, 0.25) is 0 Å². The maximum absolute atomic E-state index is 13.3. The van der Waals surface area contributed by atoms with Gasteiger partial charge in [-0.3, -0.25) is 9.59 Å². The zero-order valence-electron chi connectivity index (χ0n) is 15.8. The van der Waals surface area contributed by atoms with E-state index in [4.69, 9.17) is 18.6 Å². The number of carbonyl (C=O) groups is 3. The predicted molar refractivity (Wildman–Crippen MR) is 93.5 cm³/mol. The molecular formula is C21H22O7. The lowest BCUT2D eigenvalue weighted by molar-refractivity contribution is -0.163. The zero-order valence-corrected chi connectivity index (χ0v) is 15.8. The van der Waals surface area contributed by atoms with E-state index >= 15 is 0 Å². The molecule has 0 aromatic carbocycles. The smallest absolute Gasteiger partial charge is 0.334 e. The van der Waals surface area contributed by atoms with Crippen molar-refractivity contribution in [2.45, 2.75) is 44.8 Å². The molecule has 5 rings (SSSR count). The Hall–Kier alpha value is -2.57. The largest absolute Gasteiger partial charge is 0.472 e. The molecule has 3 heterocycles. The molecule has 1 aromatic rings. The zero-order chi connectivity index (χ0) is 19.7. The van der Waals surface area contributed by atoms with Gasteiger partial charge in [0.25, 0.3) is 0 Å². The summed E-state index contributed by atoms with van der Waals surface area (Å²) >= 11 is 0. The first-order valence-corrected chi connectivity index (χ1v) is 9.68. The maximum atomic E-state index is 13.3. The SMILES string of the molecule is COC(=O)C1=CC[C@@H]2OC(=O)[C@]13CC[C@@H](C)[C@]1(C[C@H](c4ccoc4)OC1=O)[C@@H]23. The van der Waals surface area contributed by atoms with Crippen LogP contribution in [0.1, 0.15) is 44.3 Å². The Kier molecular flexibility index (Phi) is 3.58. The van der Waals surface area contributed by atoms with Crippen LogP contribution in [0.4, 0.5) is 0 Å². The van der Waals surface area contributed by atoms with Gasteiger partial charge in [0.05, 0.1) is 30.6 Å². The molecule has 2 aliphatic heterocycles. The number of furan rings is 1. The summed E-state index contributed by atoms with van der Waals surface area (Å²) in [6, 6.07) is 1.79. The maximum Gasteiger partial charge on any atom is 0.334 e. The highest BCUT2D eigenvalue weighted by Crippen LogP contribution is 2.69. The number of hydrogen-bond donors (Lipinski definition) is 0. The Morgan fingerprint density at radius 2 is 2.07 bits per heavy atom. The number of rotatable bonds is 2. The van der Waals surface area contributed by atoms with E-state index in [9.17, 15) is 14.4 Å². The average Bonchev–Trinajstić information content (AvgIpc) is 3.37. The van der Waals surface area contributed by atoms with Crippen molar-refractivity contribution in [1.29, 1.82) is 0 Å². The lowest BCUT2D eigenvalue weighted by Crippen LogP contribution is -2.58. The number of hydrogen-bond acceptors (Lipinski definition) is 7. The van der Waals surface area contributed by atoms with Crippen molar-refractivity contribution in [2.24, 2.45) is 22.7 Å². The van der Waals surface area contributed by atoms with E-state index in [1.807, 2.05) is 6.92 Å². The van der Waals surface area contributed by atoms with Gasteiger partial charge in [0.1, 0.15) is 17.6 Å². The van der Waals surface area contributed by atoms with Crippen LogP contribution < -0.4 is 0 Å². The summed E-state index contributed by atoms with van der Waals surface area (Å²) in [4.78, 5) is 38.9. The van der Waals surface area contributed by atoms with Crippen molar-refractivity contribution in [3.8, 4) is 0 Å². The molecule has 2 aliphatic carbocycles. The molecule has 1 saturated carbocycles. The summed E-state index contributed by atoms with van der Waals surface area (Å²) in [7, 11) is 1.31. The quantitative estimate of drug-likeness (QED) is 0.570. The van der Waals surface area contributed by atoms with Gasteiger partial charge in [0.15, 0.2) is 0 Å². The summed E-state index contributed by atoms with van der Waals surface area (Å²) in [5, 5.41) is 0. The Morgan fingerprint density at radius 3 is 2.79 bits per heavy atom. The summed E-state index contributed by atoms with van der Waals surface area (Å²) in [5.74, 6) is -1.68. The van der Waals surface area contributed by atoms with E-state index in [0.29, 0.717) is 31.3 Å². The van der Waals surface area contributed by atoms with E-state index < -0.39 is 40.9 Å². The minimum atomic E-state index is -1.13. The Balaban J connectivity index is 1.64. The third-order valence-corrected chi connectivity index (χ3v) is 7.44. The van der Waals surface area contributed by atoms with E-state index in [1.165, 1.54) is 7.11 Å². The van der Waals surface area contributed by atoms with Crippen molar-refractivity contribution >= 4 is 17.9 Å². The summed E-state index contributed by atoms with van der Waals surface area (Å²) in [5.41, 5.74) is -0.877. The standard InChI is InChI=1S/C21H22O7/c1-11-5-7-20-13(17(22)25-2)3-4-14(27-18(20)23)16(20)21(11)9-15(28-19(21)24)12-6-8-26-10-12/h3,6,8,10-11,14-16H,4-5,7,9H2,1-2H3/t11-,14+,15-,16+,20-,21-/m1/s1. The molecule has 148 valence electrons. The fraction of sp³-hybridized carbons (Fsp3) is 0.571. The second-order valence-corrected chi connectivity index (χ2v) is 8.37. The van der Waals surface area contributed by atoms with Gasteiger partial charge in [0, 0.05) is 24.3 Å². The highest BCUT2D eigenvalue weighted by molar-refractivity contribution is 6.01. The van der Waals surface area contributed by atoms with Crippen molar-refractivity contribution in [3.05, 3.63) is 35.8 Å². The highest BCUT2D eigenvalue weighted by atomic mass is 16.6. The molecule has 7 heteroatoms. The average molecular weight is 386 g/mol. The minimum absolute atomic E-state index is 0.00372. The second kappa shape index (κ2) is 5.72. The molecule has 1 spiro atoms. The molecule has 0 amide bonds. The monoisotopic (exact) mass is 386 g/mol. The topological polar surface area (TPSA) is 92.0 Å². The minimum Gasteiger partial charge on any atom is -0.472 e. The van der Waals surface area contributed by atoms with Crippen LogP contribution in [0.5, 0.6) is 0 Å². The fourth-order valence-corrected chi connectivity index (χ4v) is 6.15. The molecule has 1 aromatic heterocycles. The van der Waals surface area contributed by atoms with Gasteiger partial charge in [-0.1, -0.05) is 13.0 Å². The van der Waals surface area contributed by atoms with Crippen LogP contribution in [0, 0.1) is 22.7 Å². The predicted octanol–water partition coefficient (Wildman–Crippen LogP) is 2.72. The molecular weight excluding hydrogens is 364 g/mol. The number of ether oxygens (including phenoxy) is 3. The first-order valence-electron chi connectivity index (χ1n) is 9.68. The van der Waals surface area contributed by atoms with Gasteiger partial charge in [-0.15, -0.1) is 0 Å². The number of cyclic esters (lactones) is 1. The molecule has 4 aliphatic rings. The lowest BCUT2D eigenvalue weighted by atomic mass is 9.46. The molecule has 0 radical (unpaired) electrons. The molecule has 2 saturated heterocycles. The highest BCUT2D eigenvalue weighted by Gasteiger charge is 2.75. The molecule has 7 nitrogen and oxygen atoms in total.